The first-order chi connectivity index (χ1) is 9.25. The van der Waals surface area contributed by atoms with Crippen molar-refractivity contribution in [3.8, 4) is 0 Å². The van der Waals surface area contributed by atoms with E-state index in [9.17, 15) is 4.79 Å². The molecule has 1 heterocycles. The third kappa shape index (κ3) is 5.11. The Bertz CT molecular complexity index is 271. The molecule has 0 spiro atoms. The van der Waals surface area contributed by atoms with Gasteiger partial charge in [-0.3, -0.25) is 4.79 Å². The fourth-order valence-corrected chi connectivity index (χ4v) is 2.90. The van der Waals surface area contributed by atoms with Crippen molar-refractivity contribution < 1.29 is 14.3 Å². The minimum Gasteiger partial charge on any atom is -0.378 e. The van der Waals surface area contributed by atoms with E-state index in [2.05, 4.69) is 0 Å². The van der Waals surface area contributed by atoms with Gasteiger partial charge in [0.05, 0.1) is 25.7 Å². The SMILES string of the molecule is CC(CC(=O)N1CCOCC1)OCC1CCCCC1. The van der Waals surface area contributed by atoms with Crippen molar-refractivity contribution in [1.82, 2.24) is 4.90 Å². The number of carbonyl (C=O) groups is 1. The highest BCUT2D eigenvalue weighted by Gasteiger charge is 2.20. The molecule has 0 bridgehead atoms. The Balaban J connectivity index is 1.62. The molecule has 0 aromatic carbocycles. The van der Waals surface area contributed by atoms with E-state index in [0.717, 1.165) is 25.6 Å². The van der Waals surface area contributed by atoms with Gasteiger partial charge in [-0.1, -0.05) is 19.3 Å². The van der Waals surface area contributed by atoms with Crippen LogP contribution in [0.4, 0.5) is 0 Å². The summed E-state index contributed by atoms with van der Waals surface area (Å²) in [6, 6.07) is 0. The summed E-state index contributed by atoms with van der Waals surface area (Å²) in [5.41, 5.74) is 0. The van der Waals surface area contributed by atoms with Crippen molar-refractivity contribution in [2.24, 2.45) is 5.92 Å². The van der Waals surface area contributed by atoms with Gasteiger partial charge in [0.1, 0.15) is 0 Å². The van der Waals surface area contributed by atoms with Crippen molar-refractivity contribution in [3.05, 3.63) is 0 Å². The highest BCUT2D eigenvalue weighted by atomic mass is 16.5. The van der Waals surface area contributed by atoms with E-state index in [4.69, 9.17) is 9.47 Å². The van der Waals surface area contributed by atoms with E-state index in [1.807, 2.05) is 11.8 Å². The van der Waals surface area contributed by atoms with Crippen molar-refractivity contribution in [2.45, 2.75) is 51.6 Å². The average molecular weight is 269 g/mol. The van der Waals surface area contributed by atoms with Gasteiger partial charge in [-0.05, 0) is 25.7 Å². The van der Waals surface area contributed by atoms with E-state index < -0.39 is 0 Å². The molecular formula is C15H27NO3. The Morgan fingerprint density at radius 3 is 2.63 bits per heavy atom. The Morgan fingerprint density at radius 2 is 1.95 bits per heavy atom. The van der Waals surface area contributed by atoms with Gasteiger partial charge in [-0.2, -0.15) is 0 Å². The molecule has 4 nitrogen and oxygen atoms in total. The first kappa shape index (κ1) is 14.8. The summed E-state index contributed by atoms with van der Waals surface area (Å²) in [5.74, 6) is 0.925. The maximum atomic E-state index is 12.0. The number of ether oxygens (including phenoxy) is 2. The second kappa shape index (κ2) is 7.85. The fourth-order valence-electron chi connectivity index (χ4n) is 2.90. The van der Waals surface area contributed by atoms with Crippen LogP contribution < -0.4 is 0 Å². The molecule has 0 aromatic rings. The number of morpholine rings is 1. The number of nitrogens with zero attached hydrogens (tertiary/aromatic N) is 1. The highest BCUT2D eigenvalue weighted by Crippen LogP contribution is 2.24. The summed E-state index contributed by atoms with van der Waals surface area (Å²) >= 11 is 0. The van der Waals surface area contributed by atoms with Crippen LogP contribution in [0.1, 0.15) is 45.4 Å². The Kier molecular flexibility index (Phi) is 6.11. The zero-order chi connectivity index (χ0) is 13.5. The zero-order valence-electron chi connectivity index (χ0n) is 12.1. The molecule has 1 aliphatic carbocycles. The van der Waals surface area contributed by atoms with E-state index in [1.165, 1.54) is 32.1 Å². The van der Waals surface area contributed by atoms with Crippen LogP contribution in [0.3, 0.4) is 0 Å². The predicted molar refractivity (Wildman–Crippen MR) is 74.0 cm³/mol. The van der Waals surface area contributed by atoms with Gasteiger partial charge in [0.15, 0.2) is 0 Å². The molecule has 4 heteroatoms. The summed E-state index contributed by atoms with van der Waals surface area (Å²) in [7, 11) is 0. The first-order valence-electron chi connectivity index (χ1n) is 7.73. The van der Waals surface area contributed by atoms with Crippen LogP contribution in [-0.4, -0.2) is 49.8 Å². The lowest BCUT2D eigenvalue weighted by atomic mass is 9.90. The molecule has 0 aromatic heterocycles. The summed E-state index contributed by atoms with van der Waals surface area (Å²) in [6.45, 7) is 5.65. The number of carbonyl (C=O) groups excluding carboxylic acids is 1. The van der Waals surface area contributed by atoms with Crippen LogP contribution in [0.5, 0.6) is 0 Å². The van der Waals surface area contributed by atoms with Crippen molar-refractivity contribution >= 4 is 5.91 Å². The standard InChI is InChI=1S/C15H27NO3/c1-13(19-12-14-5-3-2-4-6-14)11-15(17)16-7-9-18-10-8-16/h13-14H,2-12H2,1H3. The van der Waals surface area contributed by atoms with Gasteiger partial charge in [0.2, 0.25) is 5.91 Å². The average Bonchev–Trinajstić information content (AvgIpc) is 2.47. The lowest BCUT2D eigenvalue weighted by Crippen LogP contribution is -2.41. The minimum atomic E-state index is 0.0391. The van der Waals surface area contributed by atoms with Crippen molar-refractivity contribution in [2.75, 3.05) is 32.9 Å². The van der Waals surface area contributed by atoms with Gasteiger partial charge < -0.3 is 14.4 Å². The van der Waals surface area contributed by atoms with Gasteiger partial charge in [-0.15, -0.1) is 0 Å². The molecule has 2 rings (SSSR count). The maximum Gasteiger partial charge on any atom is 0.225 e. The molecule has 1 atom stereocenters. The molecule has 1 saturated carbocycles. The van der Waals surface area contributed by atoms with Crippen LogP contribution >= 0.6 is 0 Å². The second-order valence-electron chi connectivity index (χ2n) is 5.85. The van der Waals surface area contributed by atoms with Gasteiger partial charge in [0.25, 0.3) is 0 Å². The van der Waals surface area contributed by atoms with Crippen molar-refractivity contribution in [1.29, 1.82) is 0 Å². The van der Waals surface area contributed by atoms with Crippen LogP contribution in [0.2, 0.25) is 0 Å². The molecule has 1 aliphatic heterocycles. The molecule has 110 valence electrons. The molecule has 1 unspecified atom stereocenters. The number of rotatable bonds is 5. The molecular weight excluding hydrogens is 242 g/mol. The summed E-state index contributed by atoms with van der Waals surface area (Å²) in [4.78, 5) is 13.9. The highest BCUT2D eigenvalue weighted by molar-refractivity contribution is 5.76. The van der Waals surface area contributed by atoms with E-state index in [1.54, 1.807) is 0 Å². The lowest BCUT2D eigenvalue weighted by molar-refractivity contribution is -0.138. The van der Waals surface area contributed by atoms with E-state index in [0.29, 0.717) is 19.6 Å². The molecule has 1 amide bonds. The zero-order valence-corrected chi connectivity index (χ0v) is 12.1. The molecule has 2 aliphatic rings. The Hall–Kier alpha value is -0.610. The monoisotopic (exact) mass is 269 g/mol. The third-order valence-electron chi connectivity index (χ3n) is 4.17. The van der Waals surface area contributed by atoms with Gasteiger partial charge in [0, 0.05) is 19.7 Å². The van der Waals surface area contributed by atoms with E-state index >= 15 is 0 Å². The fraction of sp³-hybridized carbons (Fsp3) is 0.933. The number of hydrogen-bond acceptors (Lipinski definition) is 3. The van der Waals surface area contributed by atoms with Gasteiger partial charge >= 0.3 is 0 Å². The Morgan fingerprint density at radius 1 is 1.26 bits per heavy atom. The van der Waals surface area contributed by atoms with Crippen LogP contribution in [0.25, 0.3) is 0 Å². The molecule has 1 saturated heterocycles. The van der Waals surface area contributed by atoms with Crippen LogP contribution in [0, 0.1) is 5.92 Å². The lowest BCUT2D eigenvalue weighted by Gasteiger charge is -2.28. The predicted octanol–water partition coefficient (Wildman–Crippen LogP) is 2.22. The first-order valence-corrected chi connectivity index (χ1v) is 7.73. The number of hydrogen-bond donors (Lipinski definition) is 0. The molecule has 19 heavy (non-hydrogen) atoms. The van der Waals surface area contributed by atoms with Crippen LogP contribution in [-0.2, 0) is 14.3 Å². The topological polar surface area (TPSA) is 38.8 Å². The maximum absolute atomic E-state index is 12.0. The van der Waals surface area contributed by atoms with Crippen molar-refractivity contribution in [3.63, 3.8) is 0 Å². The van der Waals surface area contributed by atoms with Gasteiger partial charge in [-0.25, -0.2) is 0 Å². The Labute approximate surface area is 116 Å². The summed E-state index contributed by atoms with van der Waals surface area (Å²) in [6.07, 6.45) is 7.20. The molecule has 2 fully saturated rings. The smallest absolute Gasteiger partial charge is 0.225 e. The molecule has 0 radical (unpaired) electrons. The van der Waals surface area contributed by atoms with Crippen LogP contribution in [0.15, 0.2) is 0 Å². The number of amides is 1. The summed E-state index contributed by atoms with van der Waals surface area (Å²) in [5, 5.41) is 0. The third-order valence-corrected chi connectivity index (χ3v) is 4.17. The largest absolute Gasteiger partial charge is 0.378 e. The molecule has 0 N–H and O–H groups in total. The normalized spacial score (nSPS) is 23.3. The minimum absolute atomic E-state index is 0.0391. The second-order valence-corrected chi connectivity index (χ2v) is 5.85. The quantitative estimate of drug-likeness (QED) is 0.768. The summed E-state index contributed by atoms with van der Waals surface area (Å²) < 4.78 is 11.1. The van der Waals surface area contributed by atoms with E-state index in [-0.39, 0.29) is 12.0 Å².